The second-order valence-corrected chi connectivity index (χ2v) is 9.59. The highest BCUT2D eigenvalue weighted by Gasteiger charge is 2.53. The van der Waals surface area contributed by atoms with Crippen molar-refractivity contribution in [2.24, 2.45) is 0 Å². The molecular formula is C22H22O3P+. The van der Waals surface area contributed by atoms with Crippen LogP contribution < -0.4 is 15.9 Å². The molecular weight excluding hydrogens is 343 g/mol. The maximum atomic E-state index is 11.6. The molecule has 0 aliphatic carbocycles. The lowest BCUT2D eigenvalue weighted by atomic mass is 10.3. The Labute approximate surface area is 154 Å². The fourth-order valence-corrected chi connectivity index (χ4v) is 8.03. The van der Waals surface area contributed by atoms with Crippen LogP contribution in [0.3, 0.4) is 0 Å². The summed E-state index contributed by atoms with van der Waals surface area (Å²) in [5.41, 5.74) is 0. The van der Waals surface area contributed by atoms with Gasteiger partial charge >= 0.3 is 5.97 Å². The first-order chi connectivity index (χ1) is 12.7. The summed E-state index contributed by atoms with van der Waals surface area (Å²) in [5, 5.41) is 12.9. The zero-order chi connectivity index (χ0) is 18.4. The summed E-state index contributed by atoms with van der Waals surface area (Å²) in [6.07, 6.45) is -0.0526. The Kier molecular flexibility index (Phi) is 5.82. The molecule has 0 radical (unpaired) electrons. The third-order valence-corrected chi connectivity index (χ3v) is 9.14. The van der Waals surface area contributed by atoms with E-state index >= 15 is 0 Å². The molecule has 0 aromatic heterocycles. The van der Waals surface area contributed by atoms with E-state index in [1.807, 2.05) is 54.6 Å². The van der Waals surface area contributed by atoms with Crippen LogP contribution in [0.25, 0.3) is 0 Å². The molecule has 0 saturated heterocycles. The SMILES string of the molecule is COC(CC(=O)O)[P+](c1ccccc1)(c1ccccc1)c1ccccc1. The van der Waals surface area contributed by atoms with Crippen LogP contribution in [0, 0.1) is 0 Å². The topological polar surface area (TPSA) is 46.5 Å². The Morgan fingerprint density at radius 2 is 1.15 bits per heavy atom. The first kappa shape index (κ1) is 18.3. The lowest BCUT2D eigenvalue weighted by Crippen LogP contribution is -2.40. The van der Waals surface area contributed by atoms with Crippen molar-refractivity contribution in [3.63, 3.8) is 0 Å². The van der Waals surface area contributed by atoms with Gasteiger partial charge in [-0.3, -0.25) is 4.79 Å². The summed E-state index contributed by atoms with van der Waals surface area (Å²) >= 11 is 0. The van der Waals surface area contributed by atoms with E-state index in [-0.39, 0.29) is 6.42 Å². The standard InChI is InChI=1S/C22H21O3P/c1-25-22(17-21(23)24)26(18-11-5-2-6-12-18,19-13-7-3-8-14-19)20-15-9-4-10-16-20/h2-16,22H,17H2,1H3/p+1. The molecule has 0 spiro atoms. The number of aliphatic carboxylic acids is 1. The van der Waals surface area contributed by atoms with Crippen molar-refractivity contribution in [2.45, 2.75) is 12.3 Å². The van der Waals surface area contributed by atoms with Crippen molar-refractivity contribution in [3.05, 3.63) is 91.0 Å². The molecule has 1 unspecified atom stereocenters. The molecule has 1 N–H and O–H groups in total. The molecule has 0 aliphatic heterocycles. The number of hydrogen-bond donors (Lipinski definition) is 1. The largest absolute Gasteiger partial charge is 0.481 e. The molecule has 0 heterocycles. The molecule has 0 saturated carbocycles. The summed E-state index contributed by atoms with van der Waals surface area (Å²) in [6.45, 7) is 0. The highest BCUT2D eigenvalue weighted by Crippen LogP contribution is 2.60. The summed E-state index contributed by atoms with van der Waals surface area (Å²) in [4.78, 5) is 11.6. The zero-order valence-corrected chi connectivity index (χ0v) is 15.6. The van der Waals surface area contributed by atoms with Crippen LogP contribution >= 0.6 is 7.26 Å². The van der Waals surface area contributed by atoms with Crippen LogP contribution in [0.2, 0.25) is 0 Å². The Morgan fingerprint density at radius 3 is 1.42 bits per heavy atom. The maximum absolute atomic E-state index is 11.6. The molecule has 3 nitrogen and oxygen atoms in total. The number of rotatable bonds is 7. The summed E-state index contributed by atoms with van der Waals surface area (Å²) < 4.78 is 5.86. The highest BCUT2D eigenvalue weighted by molar-refractivity contribution is 7.96. The second kappa shape index (κ2) is 8.27. The van der Waals surface area contributed by atoms with Gasteiger partial charge in [-0.1, -0.05) is 54.6 Å². The van der Waals surface area contributed by atoms with E-state index < -0.39 is 19.1 Å². The van der Waals surface area contributed by atoms with E-state index in [2.05, 4.69) is 36.4 Å². The van der Waals surface area contributed by atoms with Crippen LogP contribution in [0.5, 0.6) is 0 Å². The van der Waals surface area contributed by atoms with Crippen molar-refractivity contribution >= 4 is 29.1 Å². The Balaban J connectivity index is 2.36. The van der Waals surface area contributed by atoms with E-state index in [4.69, 9.17) is 4.74 Å². The minimum Gasteiger partial charge on any atom is -0.481 e. The van der Waals surface area contributed by atoms with Crippen LogP contribution in [0.15, 0.2) is 91.0 Å². The molecule has 3 rings (SSSR count). The van der Waals surface area contributed by atoms with E-state index in [0.29, 0.717) is 0 Å². The number of carbonyl (C=O) groups is 1. The smallest absolute Gasteiger partial charge is 0.309 e. The van der Waals surface area contributed by atoms with Crippen LogP contribution in [-0.2, 0) is 9.53 Å². The first-order valence-corrected chi connectivity index (χ1v) is 10.4. The monoisotopic (exact) mass is 365 g/mol. The van der Waals surface area contributed by atoms with E-state index in [9.17, 15) is 9.90 Å². The molecule has 3 aromatic rings. The molecule has 0 aliphatic rings. The number of hydrogen-bond acceptors (Lipinski definition) is 2. The van der Waals surface area contributed by atoms with Crippen molar-refractivity contribution in [2.75, 3.05) is 7.11 Å². The van der Waals surface area contributed by atoms with Gasteiger partial charge in [-0.05, 0) is 36.4 Å². The van der Waals surface area contributed by atoms with Crippen molar-refractivity contribution in [1.29, 1.82) is 0 Å². The van der Waals surface area contributed by atoms with Crippen LogP contribution in [-0.4, -0.2) is 24.0 Å². The summed E-state index contributed by atoms with van der Waals surface area (Å²) in [5.74, 6) is -1.31. The zero-order valence-electron chi connectivity index (χ0n) is 14.7. The van der Waals surface area contributed by atoms with Gasteiger partial charge in [0.05, 0.1) is 0 Å². The fourth-order valence-electron chi connectivity index (χ4n) is 3.46. The Morgan fingerprint density at radius 1 is 0.808 bits per heavy atom. The molecule has 0 amide bonds. The molecule has 0 fully saturated rings. The van der Waals surface area contributed by atoms with Gasteiger partial charge < -0.3 is 9.84 Å². The van der Waals surface area contributed by atoms with Gasteiger partial charge in [0.1, 0.15) is 29.6 Å². The summed E-state index contributed by atoms with van der Waals surface area (Å²) in [6, 6.07) is 30.5. The molecule has 1 atom stereocenters. The minimum absolute atomic E-state index is 0.0526. The lowest BCUT2D eigenvalue weighted by Gasteiger charge is -2.33. The first-order valence-electron chi connectivity index (χ1n) is 8.49. The average Bonchev–Trinajstić information content (AvgIpc) is 2.70. The van der Waals surface area contributed by atoms with Crippen molar-refractivity contribution in [3.8, 4) is 0 Å². The molecule has 4 heteroatoms. The summed E-state index contributed by atoms with van der Waals surface area (Å²) in [7, 11) is -0.712. The van der Waals surface area contributed by atoms with Crippen LogP contribution in [0.4, 0.5) is 0 Å². The average molecular weight is 365 g/mol. The number of methoxy groups -OCH3 is 1. The van der Waals surface area contributed by atoms with Gasteiger partial charge in [-0.25, -0.2) is 0 Å². The van der Waals surface area contributed by atoms with Gasteiger partial charge in [-0.15, -0.1) is 0 Å². The van der Waals surface area contributed by atoms with E-state index in [1.165, 1.54) is 0 Å². The number of ether oxygens (including phenoxy) is 1. The third-order valence-electron chi connectivity index (χ3n) is 4.54. The van der Waals surface area contributed by atoms with Gasteiger partial charge in [0.25, 0.3) is 0 Å². The van der Waals surface area contributed by atoms with Gasteiger partial charge in [0.2, 0.25) is 0 Å². The van der Waals surface area contributed by atoms with Gasteiger partial charge in [0.15, 0.2) is 5.85 Å². The Hall–Kier alpha value is -2.48. The third kappa shape index (κ3) is 3.41. The van der Waals surface area contributed by atoms with Gasteiger partial charge in [0, 0.05) is 7.11 Å². The quantitative estimate of drug-likeness (QED) is 0.653. The molecule has 26 heavy (non-hydrogen) atoms. The molecule has 0 bridgehead atoms. The highest BCUT2D eigenvalue weighted by atomic mass is 31.2. The second-order valence-electron chi connectivity index (χ2n) is 6.02. The van der Waals surface area contributed by atoms with E-state index in [0.717, 1.165) is 15.9 Å². The predicted molar refractivity (Wildman–Crippen MR) is 108 cm³/mol. The van der Waals surface area contributed by atoms with Gasteiger partial charge in [-0.2, -0.15) is 0 Å². The predicted octanol–water partition coefficient (Wildman–Crippen LogP) is 3.43. The number of carboxylic acid groups (broad SMARTS) is 1. The lowest BCUT2D eigenvalue weighted by molar-refractivity contribution is -0.138. The van der Waals surface area contributed by atoms with E-state index in [1.54, 1.807) is 7.11 Å². The maximum Gasteiger partial charge on any atom is 0.309 e. The number of carboxylic acids is 1. The normalized spacial score (nSPS) is 12.5. The van der Waals surface area contributed by atoms with Crippen molar-refractivity contribution < 1.29 is 14.6 Å². The Bertz CT molecular complexity index is 738. The van der Waals surface area contributed by atoms with Crippen LogP contribution in [0.1, 0.15) is 6.42 Å². The van der Waals surface area contributed by atoms with Crippen molar-refractivity contribution in [1.82, 2.24) is 0 Å². The molecule has 132 valence electrons. The molecule has 3 aromatic carbocycles. The minimum atomic E-state index is -2.32. The fraction of sp³-hybridized carbons (Fsp3) is 0.136. The number of benzene rings is 3.